The van der Waals surface area contributed by atoms with Crippen LogP contribution in [0.1, 0.15) is 0 Å². The van der Waals surface area contributed by atoms with Gasteiger partial charge in [-0.25, -0.2) is 0 Å². The Bertz CT molecular complexity index is 423. The molecule has 1 aromatic carbocycles. The van der Waals surface area contributed by atoms with E-state index < -0.39 is 4.92 Å². The number of halogens is 2. The van der Waals surface area contributed by atoms with Gasteiger partial charge in [-0.05, 0) is 27.6 Å². The monoisotopic (exact) mass is 305 g/mol. The normalized spacial score (nSPS) is 9.88. The van der Waals surface area contributed by atoms with Gasteiger partial charge in [-0.15, -0.1) is 11.6 Å². The van der Waals surface area contributed by atoms with Crippen LogP contribution in [0.25, 0.3) is 0 Å². The molecule has 0 fully saturated rings. The Hall–Kier alpha value is -1.07. The summed E-state index contributed by atoms with van der Waals surface area (Å²) in [5.74, 6) is 0.701. The maximum Gasteiger partial charge on any atom is 0.273 e. The second-order valence-electron chi connectivity index (χ2n) is 3.04. The third-order valence-electron chi connectivity index (χ3n) is 1.75. The van der Waals surface area contributed by atoms with Crippen molar-refractivity contribution in [3.05, 3.63) is 44.9 Å². The van der Waals surface area contributed by atoms with E-state index in [1.165, 1.54) is 12.1 Å². The first-order valence-corrected chi connectivity index (χ1v) is 5.66. The summed E-state index contributed by atoms with van der Waals surface area (Å²) in [5.41, 5.74) is 0.690. The van der Waals surface area contributed by atoms with Crippen molar-refractivity contribution in [3.63, 3.8) is 0 Å². The lowest BCUT2D eigenvalue weighted by atomic mass is 10.3. The quantitative estimate of drug-likeness (QED) is 0.362. The van der Waals surface area contributed by atoms with E-state index in [9.17, 15) is 10.1 Å². The van der Waals surface area contributed by atoms with Gasteiger partial charge in [0.05, 0.1) is 15.5 Å². The van der Waals surface area contributed by atoms with E-state index in [1.54, 1.807) is 6.07 Å². The first-order chi connectivity index (χ1) is 7.54. The van der Waals surface area contributed by atoms with Crippen molar-refractivity contribution in [2.24, 2.45) is 0 Å². The zero-order valence-electron chi connectivity index (χ0n) is 8.28. The predicted molar refractivity (Wildman–Crippen MR) is 66.2 cm³/mol. The number of hydrogen-bond acceptors (Lipinski definition) is 3. The van der Waals surface area contributed by atoms with Gasteiger partial charge in [-0.2, -0.15) is 0 Å². The number of nitro groups is 1. The van der Waals surface area contributed by atoms with Crippen molar-refractivity contribution in [1.29, 1.82) is 0 Å². The van der Waals surface area contributed by atoms with Crippen molar-refractivity contribution >= 4 is 33.2 Å². The molecule has 0 aromatic heterocycles. The van der Waals surface area contributed by atoms with Crippen molar-refractivity contribution < 1.29 is 9.66 Å². The minimum Gasteiger partial charge on any atom is -0.488 e. The first-order valence-electron chi connectivity index (χ1n) is 4.34. The molecule has 6 heteroatoms. The second-order valence-corrected chi connectivity index (χ2v) is 4.17. The molecule has 0 bridgehead atoms. The molecular formula is C10H9BrClNO3. The van der Waals surface area contributed by atoms with Gasteiger partial charge in [0.2, 0.25) is 0 Å². The minimum absolute atomic E-state index is 0.0188. The van der Waals surface area contributed by atoms with Crippen molar-refractivity contribution in [1.82, 2.24) is 0 Å². The lowest BCUT2D eigenvalue weighted by molar-refractivity contribution is -0.384. The Labute approximate surface area is 106 Å². The molecule has 0 aliphatic rings. The minimum atomic E-state index is -0.477. The number of hydrogen-bond donors (Lipinski definition) is 0. The highest BCUT2D eigenvalue weighted by atomic mass is 79.9. The standard InChI is InChI=1S/C10H9BrClNO3/c1-7(5-12)6-16-10-4-8(13(14)15)2-3-9(10)11/h2-4H,1,5-6H2. The summed E-state index contributed by atoms with van der Waals surface area (Å²) < 4.78 is 6.00. The summed E-state index contributed by atoms with van der Waals surface area (Å²) in [6.07, 6.45) is 0. The zero-order valence-corrected chi connectivity index (χ0v) is 10.6. The van der Waals surface area contributed by atoms with Crippen LogP contribution in [0.2, 0.25) is 0 Å². The van der Waals surface area contributed by atoms with Crippen LogP contribution in [0.3, 0.4) is 0 Å². The third-order valence-corrected chi connectivity index (χ3v) is 2.78. The van der Waals surface area contributed by atoms with Crippen LogP contribution in [0.4, 0.5) is 5.69 Å². The van der Waals surface area contributed by atoms with Gasteiger partial charge < -0.3 is 4.74 Å². The van der Waals surface area contributed by atoms with Crippen LogP contribution in [0.15, 0.2) is 34.8 Å². The number of non-ortho nitro benzene ring substituents is 1. The van der Waals surface area contributed by atoms with E-state index >= 15 is 0 Å². The fraction of sp³-hybridized carbons (Fsp3) is 0.200. The predicted octanol–water partition coefficient (Wildman–Crippen LogP) is 3.53. The fourth-order valence-corrected chi connectivity index (χ4v) is 1.37. The van der Waals surface area contributed by atoms with Crippen LogP contribution in [-0.2, 0) is 0 Å². The van der Waals surface area contributed by atoms with Gasteiger partial charge >= 0.3 is 0 Å². The summed E-state index contributed by atoms with van der Waals surface area (Å²) >= 11 is 8.78. The molecule has 1 aromatic rings. The van der Waals surface area contributed by atoms with Crippen molar-refractivity contribution in [3.8, 4) is 5.75 Å². The summed E-state index contributed by atoms with van der Waals surface area (Å²) in [5, 5.41) is 10.6. The Morgan fingerprint density at radius 1 is 1.62 bits per heavy atom. The lowest BCUT2D eigenvalue weighted by Gasteiger charge is -2.08. The first kappa shape index (κ1) is 13.0. The Morgan fingerprint density at radius 3 is 2.88 bits per heavy atom. The number of nitro benzene ring substituents is 1. The van der Waals surface area contributed by atoms with Gasteiger partial charge in [0, 0.05) is 11.9 Å². The van der Waals surface area contributed by atoms with Gasteiger partial charge in [0.25, 0.3) is 5.69 Å². The number of rotatable bonds is 5. The number of nitrogens with zero attached hydrogens (tertiary/aromatic N) is 1. The van der Waals surface area contributed by atoms with Crippen LogP contribution >= 0.6 is 27.5 Å². The van der Waals surface area contributed by atoms with E-state index in [2.05, 4.69) is 22.5 Å². The maximum absolute atomic E-state index is 10.6. The molecule has 0 saturated heterocycles. The Kier molecular flexibility index (Phi) is 4.76. The van der Waals surface area contributed by atoms with Gasteiger partial charge in [-0.1, -0.05) is 6.58 Å². The topological polar surface area (TPSA) is 52.4 Å². The molecule has 16 heavy (non-hydrogen) atoms. The molecule has 0 aliphatic heterocycles. The number of benzene rings is 1. The molecule has 1 rings (SSSR count). The molecule has 0 amide bonds. The average Bonchev–Trinajstić information content (AvgIpc) is 2.27. The molecule has 86 valence electrons. The summed E-state index contributed by atoms with van der Waals surface area (Å²) in [6.45, 7) is 3.91. The van der Waals surface area contributed by atoms with E-state index in [1.807, 2.05) is 0 Å². The summed E-state index contributed by atoms with van der Waals surface area (Å²) in [6, 6.07) is 4.32. The molecule has 0 atom stereocenters. The van der Waals surface area contributed by atoms with Crippen LogP contribution in [0.5, 0.6) is 5.75 Å². The van der Waals surface area contributed by atoms with Gasteiger partial charge in [0.15, 0.2) is 0 Å². The van der Waals surface area contributed by atoms with E-state index in [0.717, 1.165) is 0 Å². The summed E-state index contributed by atoms with van der Waals surface area (Å²) in [7, 11) is 0. The lowest BCUT2D eigenvalue weighted by Crippen LogP contribution is -2.02. The largest absolute Gasteiger partial charge is 0.488 e. The molecule has 0 radical (unpaired) electrons. The molecule has 0 aliphatic carbocycles. The highest BCUT2D eigenvalue weighted by Crippen LogP contribution is 2.29. The molecule has 0 heterocycles. The number of alkyl halides is 1. The van der Waals surface area contributed by atoms with Gasteiger partial charge in [0.1, 0.15) is 12.4 Å². The Morgan fingerprint density at radius 2 is 2.31 bits per heavy atom. The highest BCUT2D eigenvalue weighted by molar-refractivity contribution is 9.10. The van der Waals surface area contributed by atoms with Gasteiger partial charge in [-0.3, -0.25) is 10.1 Å². The van der Waals surface area contributed by atoms with Crippen molar-refractivity contribution in [2.45, 2.75) is 0 Å². The molecule has 0 spiro atoms. The third kappa shape index (κ3) is 3.50. The second kappa shape index (κ2) is 5.86. The summed E-state index contributed by atoms with van der Waals surface area (Å²) in [4.78, 5) is 10.1. The van der Waals surface area contributed by atoms with E-state index in [4.69, 9.17) is 16.3 Å². The Balaban J connectivity index is 2.82. The number of ether oxygens (including phenoxy) is 1. The molecule has 4 nitrogen and oxygen atoms in total. The van der Waals surface area contributed by atoms with Crippen LogP contribution < -0.4 is 4.74 Å². The van der Waals surface area contributed by atoms with Crippen LogP contribution in [0, 0.1) is 10.1 Å². The zero-order chi connectivity index (χ0) is 12.1. The molecule has 0 unspecified atom stereocenters. The van der Waals surface area contributed by atoms with E-state index in [0.29, 0.717) is 21.7 Å². The molecular weight excluding hydrogens is 297 g/mol. The maximum atomic E-state index is 10.6. The van der Waals surface area contributed by atoms with Crippen LogP contribution in [-0.4, -0.2) is 17.4 Å². The molecule has 0 N–H and O–H groups in total. The van der Waals surface area contributed by atoms with E-state index in [-0.39, 0.29) is 12.3 Å². The average molecular weight is 307 g/mol. The molecule has 0 saturated carbocycles. The smallest absolute Gasteiger partial charge is 0.273 e. The fourth-order valence-electron chi connectivity index (χ4n) is 0.935. The van der Waals surface area contributed by atoms with Crippen molar-refractivity contribution in [2.75, 3.05) is 12.5 Å². The highest BCUT2D eigenvalue weighted by Gasteiger charge is 2.10. The SMILES string of the molecule is C=C(CCl)COc1cc([N+](=O)[O-])ccc1Br.